The summed E-state index contributed by atoms with van der Waals surface area (Å²) in [5.74, 6) is 2.27. The van der Waals surface area contributed by atoms with Crippen molar-refractivity contribution in [2.75, 3.05) is 34.9 Å². The van der Waals surface area contributed by atoms with Crippen LogP contribution >= 0.6 is 12.4 Å². The van der Waals surface area contributed by atoms with Gasteiger partial charge < -0.3 is 24.8 Å². The van der Waals surface area contributed by atoms with E-state index in [2.05, 4.69) is 13.8 Å². The van der Waals surface area contributed by atoms with Gasteiger partial charge in [-0.1, -0.05) is 19.9 Å². The highest BCUT2D eigenvalue weighted by Crippen LogP contribution is 2.40. The Balaban J connectivity index is 0.00000625. The van der Waals surface area contributed by atoms with Gasteiger partial charge in [0.05, 0.1) is 21.3 Å². The maximum Gasteiger partial charge on any atom is 0.222 e. The normalized spacial score (nSPS) is 11.5. The Morgan fingerprint density at radius 1 is 1.12 bits per heavy atom. The summed E-state index contributed by atoms with van der Waals surface area (Å²) in [4.78, 5) is 14.1. The van der Waals surface area contributed by atoms with Gasteiger partial charge >= 0.3 is 0 Å². The van der Waals surface area contributed by atoms with Crippen molar-refractivity contribution in [3.8, 4) is 17.2 Å². The lowest BCUT2D eigenvalue weighted by Crippen LogP contribution is -2.34. The van der Waals surface area contributed by atoms with Crippen molar-refractivity contribution in [3.63, 3.8) is 0 Å². The lowest BCUT2D eigenvalue weighted by Gasteiger charge is -2.22. The van der Waals surface area contributed by atoms with Crippen LogP contribution in [0, 0.1) is 5.92 Å². The SMILES string of the molecule is COc1ccc(CCC(=O)N(C)CCC(N)C(C)C)c(OC)c1OC.Cl. The van der Waals surface area contributed by atoms with E-state index in [-0.39, 0.29) is 24.4 Å². The first-order valence-electron chi connectivity index (χ1n) is 8.63. The van der Waals surface area contributed by atoms with E-state index in [9.17, 15) is 4.79 Å². The number of nitrogens with zero attached hydrogens (tertiary/aromatic N) is 1. The number of amides is 1. The Bertz CT molecular complexity index is 567. The number of rotatable bonds is 10. The first-order chi connectivity index (χ1) is 11.8. The van der Waals surface area contributed by atoms with Gasteiger partial charge in [-0.05, 0) is 30.4 Å². The summed E-state index contributed by atoms with van der Waals surface area (Å²) in [6.45, 7) is 4.85. The van der Waals surface area contributed by atoms with Crippen LogP contribution in [0.5, 0.6) is 17.2 Å². The predicted molar refractivity (Wildman–Crippen MR) is 107 cm³/mol. The molecule has 0 aliphatic carbocycles. The second-order valence-electron chi connectivity index (χ2n) is 6.51. The van der Waals surface area contributed by atoms with E-state index in [0.29, 0.717) is 42.6 Å². The molecule has 1 rings (SSSR count). The molecule has 0 heterocycles. The van der Waals surface area contributed by atoms with Crippen LogP contribution in [0.4, 0.5) is 0 Å². The van der Waals surface area contributed by atoms with Crippen LogP contribution in [0.3, 0.4) is 0 Å². The standard InChI is InChI=1S/C19H32N2O4.ClH/c1-13(2)15(20)11-12-21(3)17(22)10-8-14-7-9-16(23-4)19(25-6)18(14)24-5;/h7,9,13,15H,8,10-12,20H2,1-6H3;1H. The molecule has 0 aromatic heterocycles. The van der Waals surface area contributed by atoms with Crippen LogP contribution in [-0.2, 0) is 11.2 Å². The molecule has 2 N–H and O–H groups in total. The van der Waals surface area contributed by atoms with Gasteiger partial charge in [-0.25, -0.2) is 0 Å². The summed E-state index contributed by atoms with van der Waals surface area (Å²) in [6.07, 6.45) is 1.78. The van der Waals surface area contributed by atoms with Gasteiger partial charge in [0.15, 0.2) is 11.5 Å². The van der Waals surface area contributed by atoms with Crippen molar-refractivity contribution in [1.82, 2.24) is 4.90 Å². The summed E-state index contributed by atoms with van der Waals surface area (Å²) in [5.41, 5.74) is 6.96. The third-order valence-corrected chi connectivity index (χ3v) is 4.47. The van der Waals surface area contributed by atoms with Crippen molar-refractivity contribution in [2.45, 2.75) is 39.2 Å². The zero-order valence-electron chi connectivity index (χ0n) is 16.7. The minimum atomic E-state index is 0. The molecule has 26 heavy (non-hydrogen) atoms. The number of carbonyl (C=O) groups is 1. The van der Waals surface area contributed by atoms with E-state index in [1.807, 2.05) is 19.2 Å². The van der Waals surface area contributed by atoms with E-state index in [1.165, 1.54) is 0 Å². The second kappa shape index (κ2) is 11.9. The lowest BCUT2D eigenvalue weighted by atomic mass is 10.0. The molecule has 1 amide bonds. The van der Waals surface area contributed by atoms with Crippen molar-refractivity contribution < 1.29 is 19.0 Å². The zero-order valence-corrected chi connectivity index (χ0v) is 17.5. The first-order valence-corrected chi connectivity index (χ1v) is 8.63. The molecular formula is C19H33ClN2O4. The monoisotopic (exact) mass is 388 g/mol. The number of methoxy groups -OCH3 is 3. The van der Waals surface area contributed by atoms with Crippen molar-refractivity contribution >= 4 is 18.3 Å². The van der Waals surface area contributed by atoms with Gasteiger partial charge in [0, 0.05) is 26.1 Å². The van der Waals surface area contributed by atoms with Gasteiger partial charge in [0.25, 0.3) is 0 Å². The number of hydrogen-bond acceptors (Lipinski definition) is 5. The summed E-state index contributed by atoms with van der Waals surface area (Å²) in [5, 5.41) is 0. The Morgan fingerprint density at radius 3 is 2.23 bits per heavy atom. The predicted octanol–water partition coefficient (Wildman–Crippen LogP) is 2.90. The lowest BCUT2D eigenvalue weighted by molar-refractivity contribution is -0.129. The highest BCUT2D eigenvalue weighted by atomic mass is 35.5. The Kier molecular flexibility index (Phi) is 11.1. The number of halogens is 1. The molecule has 6 nitrogen and oxygen atoms in total. The van der Waals surface area contributed by atoms with Crippen LogP contribution in [0.1, 0.15) is 32.3 Å². The summed E-state index contributed by atoms with van der Waals surface area (Å²) < 4.78 is 16.1. The van der Waals surface area contributed by atoms with Gasteiger partial charge in [-0.3, -0.25) is 4.79 Å². The molecule has 0 saturated heterocycles. The van der Waals surface area contributed by atoms with E-state index in [0.717, 1.165) is 12.0 Å². The molecule has 150 valence electrons. The topological polar surface area (TPSA) is 74.0 Å². The van der Waals surface area contributed by atoms with Crippen LogP contribution in [-0.4, -0.2) is 51.8 Å². The quantitative estimate of drug-likeness (QED) is 0.667. The number of aryl methyl sites for hydroxylation is 1. The number of hydrogen-bond donors (Lipinski definition) is 1. The largest absolute Gasteiger partial charge is 0.493 e. The molecule has 0 saturated carbocycles. The van der Waals surface area contributed by atoms with Gasteiger partial charge in [-0.15, -0.1) is 12.4 Å². The van der Waals surface area contributed by atoms with Crippen molar-refractivity contribution in [1.29, 1.82) is 0 Å². The summed E-state index contributed by atoms with van der Waals surface area (Å²) >= 11 is 0. The minimum absolute atomic E-state index is 0. The Morgan fingerprint density at radius 2 is 1.73 bits per heavy atom. The number of nitrogens with two attached hydrogens (primary N) is 1. The first kappa shape index (κ1) is 24.3. The molecular weight excluding hydrogens is 356 g/mol. The summed E-state index contributed by atoms with van der Waals surface area (Å²) in [6, 6.07) is 3.84. The van der Waals surface area contributed by atoms with Crippen molar-refractivity contribution in [3.05, 3.63) is 17.7 Å². The van der Waals surface area contributed by atoms with Gasteiger partial charge in [0.1, 0.15) is 0 Å². The summed E-state index contributed by atoms with van der Waals surface area (Å²) in [7, 11) is 6.56. The molecule has 0 aliphatic rings. The third kappa shape index (κ3) is 6.57. The van der Waals surface area contributed by atoms with Gasteiger partial charge in [0.2, 0.25) is 11.7 Å². The zero-order chi connectivity index (χ0) is 19.0. The average Bonchev–Trinajstić information content (AvgIpc) is 2.62. The van der Waals surface area contributed by atoms with Crippen molar-refractivity contribution in [2.24, 2.45) is 11.7 Å². The minimum Gasteiger partial charge on any atom is -0.493 e. The smallest absolute Gasteiger partial charge is 0.222 e. The molecule has 0 spiro atoms. The highest BCUT2D eigenvalue weighted by Gasteiger charge is 2.18. The fourth-order valence-corrected chi connectivity index (χ4v) is 2.59. The number of ether oxygens (including phenoxy) is 3. The number of carbonyl (C=O) groups excluding carboxylic acids is 1. The maximum absolute atomic E-state index is 12.4. The molecule has 0 bridgehead atoms. The fourth-order valence-electron chi connectivity index (χ4n) is 2.59. The maximum atomic E-state index is 12.4. The van der Waals surface area contributed by atoms with E-state index in [4.69, 9.17) is 19.9 Å². The van der Waals surface area contributed by atoms with E-state index in [1.54, 1.807) is 26.2 Å². The molecule has 0 aliphatic heterocycles. The molecule has 0 fully saturated rings. The van der Waals surface area contributed by atoms with Crippen LogP contribution in [0.15, 0.2) is 12.1 Å². The van der Waals surface area contributed by atoms with Crippen LogP contribution < -0.4 is 19.9 Å². The van der Waals surface area contributed by atoms with Crippen LogP contribution in [0.2, 0.25) is 0 Å². The third-order valence-electron chi connectivity index (χ3n) is 4.47. The molecule has 1 aromatic rings. The second-order valence-corrected chi connectivity index (χ2v) is 6.51. The number of benzene rings is 1. The molecule has 1 atom stereocenters. The molecule has 7 heteroatoms. The van der Waals surface area contributed by atoms with E-state index >= 15 is 0 Å². The molecule has 0 radical (unpaired) electrons. The Labute approximate surface area is 163 Å². The van der Waals surface area contributed by atoms with E-state index < -0.39 is 0 Å². The Hall–Kier alpha value is -1.66. The fraction of sp³-hybridized carbons (Fsp3) is 0.632. The van der Waals surface area contributed by atoms with Crippen LogP contribution in [0.25, 0.3) is 0 Å². The average molecular weight is 389 g/mol. The van der Waals surface area contributed by atoms with Gasteiger partial charge in [-0.2, -0.15) is 0 Å². The molecule has 1 aromatic carbocycles. The molecule has 1 unspecified atom stereocenters. The highest BCUT2D eigenvalue weighted by molar-refractivity contribution is 5.85.